The minimum atomic E-state index is -1.02. The van der Waals surface area contributed by atoms with Crippen LogP contribution in [0.1, 0.15) is 48.5 Å². The van der Waals surface area contributed by atoms with Crippen molar-refractivity contribution in [1.82, 2.24) is 9.88 Å². The summed E-state index contributed by atoms with van der Waals surface area (Å²) in [6, 6.07) is 8.64. The van der Waals surface area contributed by atoms with Crippen LogP contribution in [0.15, 0.2) is 28.7 Å². The number of likely N-dealkylation sites (tertiary alicyclic amines) is 1. The van der Waals surface area contributed by atoms with E-state index in [0.717, 1.165) is 50.5 Å². The quantitative estimate of drug-likeness (QED) is 0.813. The van der Waals surface area contributed by atoms with E-state index in [0.29, 0.717) is 29.3 Å². The predicted molar refractivity (Wildman–Crippen MR) is 119 cm³/mol. The molecule has 3 saturated heterocycles. The summed E-state index contributed by atoms with van der Waals surface area (Å²) in [6.45, 7) is 10.6. The lowest BCUT2D eigenvalue weighted by molar-refractivity contribution is 0.0727. The molecule has 1 aromatic heterocycles. The average molecular weight is 425 g/mol. The highest BCUT2D eigenvalue weighted by atomic mass is 16.4. The highest BCUT2D eigenvalue weighted by molar-refractivity contribution is 6.00. The first-order chi connectivity index (χ1) is 14.8. The molecule has 2 aromatic rings. The number of aryl methyl sites for hydroxylation is 1. The average Bonchev–Trinajstić information content (AvgIpc) is 3.49. The molecule has 7 heteroatoms. The van der Waals surface area contributed by atoms with Gasteiger partial charge in [0.25, 0.3) is 11.9 Å². The molecule has 166 valence electrons. The third kappa shape index (κ3) is 3.69. The van der Waals surface area contributed by atoms with Crippen LogP contribution in [0.25, 0.3) is 0 Å². The Bertz CT molecular complexity index is 959. The molecule has 7 nitrogen and oxygen atoms in total. The molecule has 3 fully saturated rings. The van der Waals surface area contributed by atoms with Gasteiger partial charge in [-0.2, -0.15) is 4.98 Å². The molecule has 2 atom stereocenters. The first-order valence-electron chi connectivity index (χ1n) is 11.4. The van der Waals surface area contributed by atoms with E-state index < -0.39 is 5.60 Å². The fraction of sp³-hybridized carbons (Fsp3) is 0.583. The van der Waals surface area contributed by atoms with E-state index in [1.165, 1.54) is 12.8 Å². The van der Waals surface area contributed by atoms with Gasteiger partial charge < -0.3 is 24.2 Å². The molecule has 3 aliphatic rings. The summed E-state index contributed by atoms with van der Waals surface area (Å²) in [4.78, 5) is 24.5. The third-order valence-corrected chi connectivity index (χ3v) is 6.99. The Morgan fingerprint density at radius 1 is 1.06 bits per heavy atom. The fourth-order valence-corrected chi connectivity index (χ4v) is 5.46. The van der Waals surface area contributed by atoms with Gasteiger partial charge in [0, 0.05) is 56.8 Å². The number of para-hydroxylation sites is 1. The van der Waals surface area contributed by atoms with Crippen LogP contribution in [0, 0.1) is 18.8 Å². The van der Waals surface area contributed by atoms with Gasteiger partial charge in [-0.3, -0.25) is 4.79 Å². The SMILES string of the molecule is Cc1oc(N2CC3CN(C(=O)c4ccccc4N4CCCC4)CC3C2)nc1C(C)(C)O. The largest absolute Gasteiger partial charge is 0.429 e. The molecule has 0 saturated carbocycles. The lowest BCUT2D eigenvalue weighted by Crippen LogP contribution is -2.34. The van der Waals surface area contributed by atoms with Crippen molar-refractivity contribution in [2.24, 2.45) is 11.8 Å². The minimum absolute atomic E-state index is 0.153. The standard InChI is InChI=1S/C24H32N4O3/c1-16-21(24(2,3)30)25-23(31-16)28-14-17-12-27(13-18(17)15-28)22(29)19-8-4-5-9-20(19)26-10-6-7-11-26/h4-5,8-9,17-18,30H,6-7,10-15H2,1-3H3. The Kier molecular flexibility index (Phi) is 4.96. The number of oxazole rings is 1. The summed E-state index contributed by atoms with van der Waals surface area (Å²) in [5, 5.41) is 10.3. The fourth-order valence-electron chi connectivity index (χ4n) is 5.46. The van der Waals surface area contributed by atoms with Crippen molar-refractivity contribution in [3.8, 4) is 0 Å². The van der Waals surface area contributed by atoms with Crippen molar-refractivity contribution in [1.29, 1.82) is 0 Å². The van der Waals surface area contributed by atoms with Gasteiger partial charge >= 0.3 is 0 Å². The number of hydrogen-bond acceptors (Lipinski definition) is 6. The van der Waals surface area contributed by atoms with Crippen molar-refractivity contribution < 1.29 is 14.3 Å². The van der Waals surface area contributed by atoms with Gasteiger partial charge in [0.15, 0.2) is 0 Å². The number of hydrogen-bond donors (Lipinski definition) is 1. The van der Waals surface area contributed by atoms with Crippen LogP contribution >= 0.6 is 0 Å². The van der Waals surface area contributed by atoms with Gasteiger partial charge in [-0.05, 0) is 45.7 Å². The topological polar surface area (TPSA) is 73.1 Å². The molecule has 0 radical (unpaired) electrons. The van der Waals surface area contributed by atoms with Crippen LogP contribution in [0.2, 0.25) is 0 Å². The predicted octanol–water partition coefficient (Wildman–Crippen LogP) is 3.02. The summed E-state index contributed by atoms with van der Waals surface area (Å²) in [5.41, 5.74) is 1.49. The third-order valence-electron chi connectivity index (χ3n) is 6.99. The second kappa shape index (κ2) is 7.55. The summed E-state index contributed by atoms with van der Waals surface area (Å²) in [6.07, 6.45) is 2.39. The van der Waals surface area contributed by atoms with E-state index in [-0.39, 0.29) is 5.91 Å². The summed E-state index contributed by atoms with van der Waals surface area (Å²) >= 11 is 0. The van der Waals surface area contributed by atoms with Gasteiger partial charge in [0.2, 0.25) is 0 Å². The normalized spacial score (nSPS) is 23.7. The number of carbonyl (C=O) groups excluding carboxylic acids is 1. The summed E-state index contributed by atoms with van der Waals surface area (Å²) in [5.74, 6) is 1.65. The molecule has 2 unspecified atom stereocenters. The first-order valence-corrected chi connectivity index (χ1v) is 11.4. The molecule has 0 bridgehead atoms. The summed E-state index contributed by atoms with van der Waals surface area (Å²) in [7, 11) is 0. The number of nitrogens with zero attached hydrogens (tertiary/aromatic N) is 4. The van der Waals surface area contributed by atoms with E-state index >= 15 is 0 Å². The number of aliphatic hydroxyl groups is 1. The lowest BCUT2D eigenvalue weighted by Gasteiger charge is -2.25. The van der Waals surface area contributed by atoms with Gasteiger partial charge in [-0.1, -0.05) is 12.1 Å². The Morgan fingerprint density at radius 3 is 2.32 bits per heavy atom. The Morgan fingerprint density at radius 2 is 1.71 bits per heavy atom. The van der Waals surface area contributed by atoms with E-state index in [1.54, 1.807) is 13.8 Å². The monoisotopic (exact) mass is 424 g/mol. The number of aromatic nitrogens is 1. The van der Waals surface area contributed by atoms with Crippen molar-refractivity contribution in [2.75, 3.05) is 49.1 Å². The Labute approximate surface area is 183 Å². The zero-order valence-corrected chi connectivity index (χ0v) is 18.7. The van der Waals surface area contributed by atoms with Gasteiger partial charge in [0.05, 0.1) is 5.56 Å². The number of amides is 1. The Hall–Kier alpha value is -2.54. The van der Waals surface area contributed by atoms with Crippen LogP contribution in [0.4, 0.5) is 11.7 Å². The van der Waals surface area contributed by atoms with Crippen LogP contribution in [0.3, 0.4) is 0 Å². The molecule has 31 heavy (non-hydrogen) atoms. The molecular weight excluding hydrogens is 392 g/mol. The van der Waals surface area contributed by atoms with E-state index in [4.69, 9.17) is 4.42 Å². The molecule has 3 aliphatic heterocycles. The molecule has 0 aliphatic carbocycles. The van der Waals surface area contributed by atoms with Crippen LogP contribution in [-0.4, -0.2) is 60.2 Å². The highest BCUT2D eigenvalue weighted by Crippen LogP contribution is 2.37. The van der Waals surface area contributed by atoms with E-state index in [2.05, 4.69) is 20.9 Å². The zero-order valence-electron chi connectivity index (χ0n) is 18.7. The number of carbonyl (C=O) groups is 1. The minimum Gasteiger partial charge on any atom is -0.429 e. The first kappa shape index (κ1) is 20.4. The molecule has 1 aromatic carbocycles. The van der Waals surface area contributed by atoms with Crippen molar-refractivity contribution in [3.05, 3.63) is 41.3 Å². The van der Waals surface area contributed by atoms with E-state index in [9.17, 15) is 9.90 Å². The molecule has 1 amide bonds. The maximum Gasteiger partial charge on any atom is 0.297 e. The maximum absolute atomic E-state index is 13.4. The smallest absolute Gasteiger partial charge is 0.297 e. The number of rotatable bonds is 4. The molecule has 0 spiro atoms. The van der Waals surface area contributed by atoms with Crippen LogP contribution in [-0.2, 0) is 5.60 Å². The Balaban J connectivity index is 1.27. The second-order valence-electron chi connectivity index (χ2n) is 9.81. The van der Waals surface area contributed by atoms with Gasteiger partial charge in [-0.15, -0.1) is 0 Å². The lowest BCUT2D eigenvalue weighted by atomic mass is 10.0. The van der Waals surface area contributed by atoms with Crippen molar-refractivity contribution >= 4 is 17.6 Å². The highest BCUT2D eigenvalue weighted by Gasteiger charge is 2.43. The summed E-state index contributed by atoms with van der Waals surface area (Å²) < 4.78 is 5.88. The number of fused-ring (bicyclic) bond motifs is 1. The van der Waals surface area contributed by atoms with Crippen molar-refractivity contribution in [3.63, 3.8) is 0 Å². The van der Waals surface area contributed by atoms with Crippen molar-refractivity contribution in [2.45, 2.75) is 39.2 Å². The van der Waals surface area contributed by atoms with E-state index in [1.807, 2.05) is 30.0 Å². The second-order valence-corrected chi connectivity index (χ2v) is 9.81. The van der Waals surface area contributed by atoms with Crippen LogP contribution < -0.4 is 9.80 Å². The molecular formula is C24H32N4O3. The zero-order chi connectivity index (χ0) is 21.8. The van der Waals surface area contributed by atoms with Gasteiger partial charge in [0.1, 0.15) is 17.1 Å². The molecule has 1 N–H and O–H groups in total. The number of anilines is 2. The number of benzene rings is 1. The van der Waals surface area contributed by atoms with Gasteiger partial charge in [-0.25, -0.2) is 0 Å². The molecule has 4 heterocycles. The maximum atomic E-state index is 13.4. The van der Waals surface area contributed by atoms with Crippen LogP contribution in [0.5, 0.6) is 0 Å². The molecule has 5 rings (SSSR count).